The van der Waals surface area contributed by atoms with E-state index in [1.807, 2.05) is 6.08 Å². The molecule has 0 spiro atoms. The third-order valence-electron chi connectivity index (χ3n) is 13.4. The first-order chi connectivity index (χ1) is 36.5. The molecule has 0 amide bonds. The quantitative estimate of drug-likeness (QED) is 0.0261. The minimum atomic E-state index is -0.819. The van der Waals surface area contributed by atoms with Crippen molar-refractivity contribution < 1.29 is 28.6 Å². The molecule has 1 unspecified atom stereocenters. The monoisotopic (exact) mass is 1030 g/mol. The standard InChI is InChI=1S/C68H116O6/c1-4-7-10-13-16-19-22-25-28-30-31-32-33-34-35-36-37-38-41-43-46-49-52-55-58-61-67(70)73-64-65(63-72-66(69)60-57-54-51-48-45-42-39-27-24-21-18-15-12-9-6-3)74-68(71)62-59-56-53-50-47-44-40-29-26-23-20-17-14-11-8-5-2/h9,12,18,21-22,25,27,30-31,33-34,39,45,48,54,57,65H,4-8,10-11,13-17,19-20,23-24,26,28-29,32,35-38,40-44,46-47,49-53,55-56,58-64H2,1-3H3/b12-9-,21-18-,25-22-,31-30-,34-33-,39-27-,48-45-,57-54-. The van der Waals surface area contributed by atoms with Crippen molar-refractivity contribution in [3.63, 3.8) is 0 Å². The molecule has 0 aliphatic heterocycles. The number of hydrogen-bond donors (Lipinski definition) is 0. The fraction of sp³-hybridized carbons (Fsp3) is 0.721. The number of esters is 3. The van der Waals surface area contributed by atoms with Gasteiger partial charge in [-0.3, -0.25) is 14.4 Å². The maximum Gasteiger partial charge on any atom is 0.309 e. The third-order valence-corrected chi connectivity index (χ3v) is 13.4. The number of rotatable bonds is 56. The number of allylic oxidation sites excluding steroid dienone is 15. The van der Waals surface area contributed by atoms with Crippen LogP contribution in [-0.4, -0.2) is 37.2 Å². The molecule has 0 aliphatic rings. The normalized spacial score (nSPS) is 12.7. The van der Waals surface area contributed by atoms with E-state index in [1.54, 1.807) is 6.08 Å². The highest BCUT2D eigenvalue weighted by Crippen LogP contribution is 2.16. The van der Waals surface area contributed by atoms with Gasteiger partial charge in [0.1, 0.15) is 13.2 Å². The average Bonchev–Trinajstić information content (AvgIpc) is 3.40. The summed E-state index contributed by atoms with van der Waals surface area (Å²) in [5, 5.41) is 0. The molecule has 0 bridgehead atoms. The topological polar surface area (TPSA) is 78.9 Å². The Labute approximate surface area is 457 Å². The van der Waals surface area contributed by atoms with Gasteiger partial charge in [-0.1, -0.05) is 291 Å². The summed E-state index contributed by atoms with van der Waals surface area (Å²) in [7, 11) is 0. The van der Waals surface area contributed by atoms with Gasteiger partial charge in [0.15, 0.2) is 6.10 Å². The van der Waals surface area contributed by atoms with Gasteiger partial charge in [-0.25, -0.2) is 0 Å². The molecule has 0 radical (unpaired) electrons. The zero-order chi connectivity index (χ0) is 53.6. The predicted molar refractivity (Wildman–Crippen MR) is 320 cm³/mol. The molecule has 424 valence electrons. The van der Waals surface area contributed by atoms with Gasteiger partial charge in [0.05, 0.1) is 6.42 Å². The van der Waals surface area contributed by atoms with Crippen molar-refractivity contribution in [3.8, 4) is 0 Å². The molecule has 0 rings (SSSR count). The number of hydrogen-bond acceptors (Lipinski definition) is 6. The molecule has 1 atom stereocenters. The molecule has 74 heavy (non-hydrogen) atoms. The minimum Gasteiger partial charge on any atom is -0.462 e. The van der Waals surface area contributed by atoms with Crippen molar-refractivity contribution in [2.75, 3.05) is 13.2 Å². The van der Waals surface area contributed by atoms with E-state index < -0.39 is 12.1 Å². The lowest BCUT2D eigenvalue weighted by Gasteiger charge is -2.18. The van der Waals surface area contributed by atoms with E-state index in [-0.39, 0.29) is 31.6 Å². The molecule has 0 saturated heterocycles. The van der Waals surface area contributed by atoms with E-state index in [9.17, 15) is 14.4 Å². The molecule has 0 N–H and O–H groups in total. The lowest BCUT2D eigenvalue weighted by atomic mass is 10.0. The second-order valence-corrected chi connectivity index (χ2v) is 20.6. The lowest BCUT2D eigenvalue weighted by molar-refractivity contribution is -0.166. The molecule has 0 aromatic carbocycles. The van der Waals surface area contributed by atoms with Crippen LogP contribution < -0.4 is 0 Å². The highest BCUT2D eigenvalue weighted by molar-refractivity contribution is 5.72. The average molecular weight is 1030 g/mol. The number of ether oxygens (including phenoxy) is 3. The van der Waals surface area contributed by atoms with Gasteiger partial charge in [-0.15, -0.1) is 0 Å². The van der Waals surface area contributed by atoms with Gasteiger partial charge in [-0.05, 0) is 83.5 Å². The Kier molecular flexibility index (Phi) is 58.8. The van der Waals surface area contributed by atoms with Gasteiger partial charge in [0.25, 0.3) is 0 Å². The first-order valence-corrected chi connectivity index (χ1v) is 31.2. The fourth-order valence-electron chi connectivity index (χ4n) is 8.70. The summed E-state index contributed by atoms with van der Waals surface area (Å²) in [6.45, 7) is 6.45. The second-order valence-electron chi connectivity index (χ2n) is 20.6. The van der Waals surface area contributed by atoms with Crippen molar-refractivity contribution in [2.24, 2.45) is 0 Å². The van der Waals surface area contributed by atoms with Crippen LogP contribution in [0.3, 0.4) is 0 Å². The zero-order valence-corrected chi connectivity index (χ0v) is 48.6. The minimum absolute atomic E-state index is 0.108. The summed E-state index contributed by atoms with van der Waals surface area (Å²) >= 11 is 0. The van der Waals surface area contributed by atoms with Gasteiger partial charge in [-0.2, -0.15) is 0 Å². The molecule has 0 aromatic rings. The Morgan fingerprint density at radius 3 is 0.946 bits per heavy atom. The molecular weight excluding hydrogens is 913 g/mol. The SMILES string of the molecule is CC/C=C\C/C=C\C/C=C\C/C=C\C/C=C\CC(=O)OCC(COC(=O)CCCCCCCCCCCC/C=C\C/C=C\C/C=C\CCCCCCC)OC(=O)CCCCCCCCCCCCCCCCCC. The summed E-state index contributed by atoms with van der Waals surface area (Å²) in [6, 6.07) is 0. The molecule has 0 heterocycles. The third kappa shape index (κ3) is 59.2. The molecule has 0 fully saturated rings. The van der Waals surface area contributed by atoms with Crippen molar-refractivity contribution >= 4 is 17.9 Å². The summed E-state index contributed by atoms with van der Waals surface area (Å²) < 4.78 is 16.8. The summed E-state index contributed by atoms with van der Waals surface area (Å²) in [4.78, 5) is 38.2. The molecule has 0 saturated carbocycles. The number of carbonyl (C=O) groups excluding carboxylic acids is 3. The Bertz CT molecular complexity index is 1460. The Morgan fingerprint density at radius 2 is 0.581 bits per heavy atom. The van der Waals surface area contributed by atoms with E-state index in [1.165, 1.54) is 173 Å². The fourth-order valence-corrected chi connectivity index (χ4v) is 8.70. The van der Waals surface area contributed by atoms with Crippen molar-refractivity contribution in [1.29, 1.82) is 0 Å². The maximum atomic E-state index is 12.9. The Balaban J connectivity index is 4.39. The van der Waals surface area contributed by atoms with E-state index in [2.05, 4.69) is 106 Å². The van der Waals surface area contributed by atoms with Crippen LogP contribution in [0.5, 0.6) is 0 Å². The van der Waals surface area contributed by atoms with Gasteiger partial charge in [0, 0.05) is 12.8 Å². The van der Waals surface area contributed by atoms with Crippen LogP contribution in [-0.2, 0) is 28.6 Å². The van der Waals surface area contributed by atoms with Gasteiger partial charge in [0.2, 0.25) is 0 Å². The molecule has 0 aliphatic carbocycles. The number of carbonyl (C=O) groups is 3. The smallest absolute Gasteiger partial charge is 0.309 e. The van der Waals surface area contributed by atoms with Gasteiger partial charge < -0.3 is 14.2 Å². The highest BCUT2D eigenvalue weighted by Gasteiger charge is 2.19. The maximum absolute atomic E-state index is 12.9. The summed E-state index contributed by atoms with van der Waals surface area (Å²) in [5.41, 5.74) is 0. The van der Waals surface area contributed by atoms with Gasteiger partial charge >= 0.3 is 17.9 Å². The van der Waals surface area contributed by atoms with Crippen LogP contribution in [0.4, 0.5) is 0 Å². The summed E-state index contributed by atoms with van der Waals surface area (Å²) in [6.07, 6.45) is 82.9. The van der Waals surface area contributed by atoms with Crippen LogP contribution in [0.25, 0.3) is 0 Å². The van der Waals surface area contributed by atoms with Crippen molar-refractivity contribution in [3.05, 3.63) is 97.2 Å². The first kappa shape index (κ1) is 70.3. The van der Waals surface area contributed by atoms with Crippen LogP contribution in [0, 0.1) is 0 Å². The Hall–Kier alpha value is -3.67. The first-order valence-electron chi connectivity index (χ1n) is 31.2. The second kappa shape index (κ2) is 61.9. The zero-order valence-electron chi connectivity index (χ0n) is 48.6. The predicted octanol–water partition coefficient (Wildman–Crippen LogP) is 21.3. The summed E-state index contributed by atoms with van der Waals surface area (Å²) in [5.74, 6) is -1.04. The Morgan fingerprint density at radius 1 is 0.297 bits per heavy atom. The van der Waals surface area contributed by atoms with E-state index in [0.29, 0.717) is 12.8 Å². The lowest BCUT2D eigenvalue weighted by Crippen LogP contribution is -2.30. The van der Waals surface area contributed by atoms with Crippen LogP contribution in [0.2, 0.25) is 0 Å². The van der Waals surface area contributed by atoms with E-state index >= 15 is 0 Å². The van der Waals surface area contributed by atoms with Crippen LogP contribution in [0.15, 0.2) is 97.2 Å². The molecule has 0 aromatic heterocycles. The number of unbranched alkanes of at least 4 members (excludes halogenated alkanes) is 30. The molecular formula is C68H116O6. The van der Waals surface area contributed by atoms with Crippen LogP contribution in [0.1, 0.15) is 297 Å². The largest absolute Gasteiger partial charge is 0.462 e. The molecule has 6 heteroatoms. The van der Waals surface area contributed by atoms with E-state index in [4.69, 9.17) is 14.2 Å². The van der Waals surface area contributed by atoms with Crippen LogP contribution >= 0.6 is 0 Å². The van der Waals surface area contributed by atoms with Crippen molar-refractivity contribution in [2.45, 2.75) is 303 Å². The van der Waals surface area contributed by atoms with E-state index in [0.717, 1.165) is 83.5 Å². The highest BCUT2D eigenvalue weighted by atomic mass is 16.6. The van der Waals surface area contributed by atoms with Crippen molar-refractivity contribution in [1.82, 2.24) is 0 Å². The molecule has 6 nitrogen and oxygen atoms in total.